The predicted octanol–water partition coefficient (Wildman–Crippen LogP) is 4.08. The average Bonchev–Trinajstić information content (AvgIpc) is 2.71. The lowest BCUT2D eigenvalue weighted by Crippen LogP contribution is -2.48. The largest absolute Gasteiger partial charge is 0.368 e. The van der Waals surface area contributed by atoms with Crippen LogP contribution in [0, 0.1) is 6.92 Å². The van der Waals surface area contributed by atoms with E-state index in [-0.39, 0.29) is 5.91 Å². The molecule has 27 heavy (non-hydrogen) atoms. The Kier molecular flexibility index (Phi) is 5.87. The molecule has 3 aromatic rings. The van der Waals surface area contributed by atoms with Gasteiger partial charge < -0.3 is 10.6 Å². The lowest BCUT2D eigenvalue weighted by Gasteiger charge is -2.31. The van der Waals surface area contributed by atoms with Gasteiger partial charge in [-0.1, -0.05) is 54.1 Å². The fraction of sp³-hybridized carbons (Fsp3) is 0.217. The number of nitrogens with one attached hydrogen (secondary N) is 2. The topological polar surface area (TPSA) is 54.0 Å². The molecule has 0 aliphatic heterocycles. The Morgan fingerprint density at radius 2 is 1.67 bits per heavy atom. The minimum Gasteiger partial charge on any atom is -0.368 e. The molecular weight excluding hydrogens is 334 g/mol. The molecule has 1 aromatic heterocycles. The van der Waals surface area contributed by atoms with Gasteiger partial charge in [0.05, 0.1) is 0 Å². The number of hydrogen-bond donors (Lipinski definition) is 2. The third-order valence-electron chi connectivity index (χ3n) is 4.64. The zero-order valence-electron chi connectivity index (χ0n) is 15.8. The molecule has 138 valence electrons. The van der Waals surface area contributed by atoms with Crippen LogP contribution in [0.4, 0.5) is 5.69 Å². The fourth-order valence-electron chi connectivity index (χ4n) is 2.98. The molecular formula is C23H25N3O. The summed E-state index contributed by atoms with van der Waals surface area (Å²) >= 11 is 0. The molecule has 2 aromatic carbocycles. The SMILES string of the molecule is Cc1ccc(N[C@](C)(C(=O)NCCc2ccccn2)c2ccccc2)cc1. The minimum atomic E-state index is -0.874. The van der Waals surface area contributed by atoms with E-state index < -0.39 is 5.54 Å². The number of aromatic nitrogens is 1. The lowest BCUT2D eigenvalue weighted by molar-refractivity contribution is -0.125. The number of carbonyl (C=O) groups excluding carboxylic acids is 1. The summed E-state index contributed by atoms with van der Waals surface area (Å²) in [6, 6.07) is 23.7. The predicted molar refractivity (Wildman–Crippen MR) is 110 cm³/mol. The average molecular weight is 359 g/mol. The van der Waals surface area contributed by atoms with Crippen molar-refractivity contribution in [2.75, 3.05) is 11.9 Å². The van der Waals surface area contributed by atoms with Crippen LogP contribution in [0.5, 0.6) is 0 Å². The van der Waals surface area contributed by atoms with Crippen molar-refractivity contribution < 1.29 is 4.79 Å². The normalized spacial score (nSPS) is 12.8. The smallest absolute Gasteiger partial charge is 0.250 e. The molecule has 1 amide bonds. The van der Waals surface area contributed by atoms with Crippen LogP contribution in [-0.2, 0) is 16.8 Å². The van der Waals surface area contributed by atoms with Crippen LogP contribution in [0.1, 0.15) is 23.7 Å². The first-order valence-corrected chi connectivity index (χ1v) is 9.16. The van der Waals surface area contributed by atoms with E-state index in [0.29, 0.717) is 13.0 Å². The Balaban J connectivity index is 1.76. The zero-order valence-corrected chi connectivity index (χ0v) is 15.8. The Bertz CT molecular complexity index is 863. The highest BCUT2D eigenvalue weighted by molar-refractivity contribution is 5.90. The number of anilines is 1. The van der Waals surface area contributed by atoms with Crippen molar-refractivity contribution in [1.29, 1.82) is 0 Å². The highest BCUT2D eigenvalue weighted by atomic mass is 16.2. The Hall–Kier alpha value is -3.14. The summed E-state index contributed by atoms with van der Waals surface area (Å²) in [7, 11) is 0. The third kappa shape index (κ3) is 4.73. The van der Waals surface area contributed by atoms with E-state index in [1.165, 1.54) is 5.56 Å². The molecule has 3 rings (SSSR count). The molecule has 0 spiro atoms. The number of amides is 1. The van der Waals surface area contributed by atoms with E-state index in [1.54, 1.807) is 6.20 Å². The van der Waals surface area contributed by atoms with Crippen molar-refractivity contribution in [2.24, 2.45) is 0 Å². The first-order valence-electron chi connectivity index (χ1n) is 9.16. The highest BCUT2D eigenvalue weighted by Gasteiger charge is 2.34. The second-order valence-corrected chi connectivity index (χ2v) is 6.81. The summed E-state index contributed by atoms with van der Waals surface area (Å²) in [4.78, 5) is 17.4. The molecule has 4 heteroatoms. The second-order valence-electron chi connectivity index (χ2n) is 6.81. The molecule has 2 N–H and O–H groups in total. The van der Waals surface area contributed by atoms with E-state index in [1.807, 2.05) is 86.6 Å². The Labute approximate surface area is 160 Å². The summed E-state index contributed by atoms with van der Waals surface area (Å²) in [6.07, 6.45) is 2.46. The number of nitrogens with zero attached hydrogens (tertiary/aromatic N) is 1. The van der Waals surface area contributed by atoms with Crippen molar-refractivity contribution in [3.05, 3.63) is 95.8 Å². The molecule has 0 aliphatic carbocycles. The van der Waals surface area contributed by atoms with Gasteiger partial charge in [-0.15, -0.1) is 0 Å². The summed E-state index contributed by atoms with van der Waals surface area (Å²) in [6.45, 7) is 4.50. The van der Waals surface area contributed by atoms with Crippen LogP contribution in [0.15, 0.2) is 79.0 Å². The number of pyridine rings is 1. The van der Waals surface area contributed by atoms with Gasteiger partial charge >= 0.3 is 0 Å². The van der Waals surface area contributed by atoms with Crippen molar-refractivity contribution in [1.82, 2.24) is 10.3 Å². The van der Waals surface area contributed by atoms with Gasteiger partial charge in [0, 0.05) is 30.5 Å². The number of hydrogen-bond acceptors (Lipinski definition) is 3. The zero-order chi connectivity index (χ0) is 19.1. The van der Waals surface area contributed by atoms with Gasteiger partial charge in [-0.3, -0.25) is 9.78 Å². The van der Waals surface area contributed by atoms with Crippen LogP contribution < -0.4 is 10.6 Å². The Morgan fingerprint density at radius 1 is 0.963 bits per heavy atom. The van der Waals surface area contributed by atoms with Crippen LogP contribution in [0.3, 0.4) is 0 Å². The van der Waals surface area contributed by atoms with Gasteiger partial charge in [-0.25, -0.2) is 0 Å². The van der Waals surface area contributed by atoms with E-state index in [2.05, 4.69) is 15.6 Å². The Morgan fingerprint density at radius 3 is 2.33 bits per heavy atom. The van der Waals surface area contributed by atoms with Crippen LogP contribution >= 0.6 is 0 Å². The minimum absolute atomic E-state index is 0.0646. The third-order valence-corrected chi connectivity index (χ3v) is 4.64. The highest BCUT2D eigenvalue weighted by Crippen LogP contribution is 2.26. The molecule has 0 radical (unpaired) electrons. The second kappa shape index (κ2) is 8.49. The molecule has 0 bridgehead atoms. The molecule has 0 unspecified atom stereocenters. The van der Waals surface area contributed by atoms with Crippen LogP contribution in [0.25, 0.3) is 0 Å². The molecule has 0 fully saturated rings. The van der Waals surface area contributed by atoms with E-state index in [4.69, 9.17) is 0 Å². The van der Waals surface area contributed by atoms with E-state index >= 15 is 0 Å². The number of rotatable bonds is 7. The summed E-state index contributed by atoms with van der Waals surface area (Å²) in [5.74, 6) is -0.0646. The molecule has 1 atom stereocenters. The number of aryl methyl sites for hydroxylation is 1. The van der Waals surface area contributed by atoms with Crippen molar-refractivity contribution in [2.45, 2.75) is 25.8 Å². The van der Waals surface area contributed by atoms with Crippen molar-refractivity contribution >= 4 is 11.6 Å². The first kappa shape index (κ1) is 18.6. The first-order chi connectivity index (χ1) is 13.1. The van der Waals surface area contributed by atoms with Gasteiger partial charge in [0.25, 0.3) is 0 Å². The van der Waals surface area contributed by atoms with E-state index in [0.717, 1.165) is 16.9 Å². The van der Waals surface area contributed by atoms with Crippen molar-refractivity contribution in [3.63, 3.8) is 0 Å². The molecule has 0 saturated heterocycles. The van der Waals surface area contributed by atoms with Gasteiger partial charge in [-0.2, -0.15) is 0 Å². The van der Waals surface area contributed by atoms with Crippen LogP contribution in [-0.4, -0.2) is 17.4 Å². The lowest BCUT2D eigenvalue weighted by atomic mass is 9.90. The quantitative estimate of drug-likeness (QED) is 0.668. The van der Waals surface area contributed by atoms with Crippen LogP contribution in [0.2, 0.25) is 0 Å². The van der Waals surface area contributed by atoms with Gasteiger partial charge in [0.1, 0.15) is 5.54 Å². The number of carbonyl (C=O) groups is 1. The maximum atomic E-state index is 13.1. The van der Waals surface area contributed by atoms with Gasteiger partial charge in [0.2, 0.25) is 5.91 Å². The standard InChI is InChI=1S/C23H25N3O/c1-18-11-13-21(14-12-18)26-23(2,19-8-4-3-5-9-19)22(27)25-17-15-20-10-6-7-16-24-20/h3-14,16,26H,15,17H2,1-2H3,(H,25,27)/t23-/m0/s1. The molecule has 0 aliphatic rings. The summed E-state index contributed by atoms with van der Waals surface area (Å²) < 4.78 is 0. The van der Waals surface area contributed by atoms with Gasteiger partial charge in [0.15, 0.2) is 0 Å². The fourth-order valence-corrected chi connectivity index (χ4v) is 2.98. The molecule has 0 saturated carbocycles. The molecule has 1 heterocycles. The monoisotopic (exact) mass is 359 g/mol. The number of benzene rings is 2. The maximum absolute atomic E-state index is 13.1. The molecule has 4 nitrogen and oxygen atoms in total. The summed E-state index contributed by atoms with van der Waals surface area (Å²) in [5, 5.41) is 6.48. The van der Waals surface area contributed by atoms with E-state index in [9.17, 15) is 4.79 Å². The van der Waals surface area contributed by atoms with Gasteiger partial charge in [-0.05, 0) is 43.7 Å². The summed E-state index contributed by atoms with van der Waals surface area (Å²) in [5.41, 5.74) is 3.10. The maximum Gasteiger partial charge on any atom is 0.250 e. The van der Waals surface area contributed by atoms with Crippen molar-refractivity contribution in [3.8, 4) is 0 Å².